The molecule has 2 heterocycles. The second-order valence-electron chi connectivity index (χ2n) is 12.2. The molecule has 46 heavy (non-hydrogen) atoms. The number of aliphatic hydroxyl groups excluding tert-OH is 1. The molecule has 1 fully saturated rings. The minimum absolute atomic E-state index is 0.106. The molecule has 0 spiro atoms. The van der Waals surface area contributed by atoms with Crippen LogP contribution in [0.25, 0.3) is 11.2 Å². The Balaban J connectivity index is 1.35. The molecule has 2 aromatic heterocycles. The van der Waals surface area contributed by atoms with E-state index in [2.05, 4.69) is 10.3 Å². The van der Waals surface area contributed by atoms with Crippen LogP contribution in [-0.4, -0.2) is 36.7 Å². The van der Waals surface area contributed by atoms with Crippen LogP contribution in [0.4, 0.5) is 4.39 Å². The fourth-order valence-corrected chi connectivity index (χ4v) is 6.81. The molecule has 6 rings (SSSR count). The lowest BCUT2D eigenvalue weighted by atomic mass is 9.83. The lowest BCUT2D eigenvalue weighted by Gasteiger charge is -2.27. The molecular formula is C36H38FN5O4. The zero-order valence-corrected chi connectivity index (χ0v) is 25.9. The number of aliphatic hydroxyl groups is 1. The number of aryl methyl sites for hydroxylation is 1. The molecule has 0 aliphatic heterocycles. The fraction of sp³-hybridized carbons (Fsp3) is 0.333. The SMILES string of the molecule is CC(c1ccc(C(C(=O)NC(CO)c2ccccc2)C2CCCC2)cc1)n1c(Cc2ccc(F)cc2)nc2c1c(=O)[nH]c(=O)n2C. The highest BCUT2D eigenvalue weighted by atomic mass is 19.1. The van der Waals surface area contributed by atoms with Gasteiger partial charge in [-0.25, -0.2) is 14.2 Å². The number of hydrogen-bond donors (Lipinski definition) is 3. The molecule has 0 bridgehead atoms. The Hall–Kier alpha value is -4.83. The number of aromatic amines is 1. The maximum absolute atomic E-state index is 13.8. The molecule has 9 nitrogen and oxygen atoms in total. The van der Waals surface area contributed by atoms with Crippen LogP contribution < -0.4 is 16.6 Å². The van der Waals surface area contributed by atoms with Gasteiger partial charge >= 0.3 is 5.69 Å². The van der Waals surface area contributed by atoms with Gasteiger partial charge in [-0.05, 0) is 60.1 Å². The van der Waals surface area contributed by atoms with E-state index in [0.717, 1.165) is 47.9 Å². The minimum atomic E-state index is -0.556. The Kier molecular flexibility index (Phi) is 8.99. The standard InChI is InChI=1S/C36H38FN5O4/c1-22(42-30(20-23-12-18-28(37)19-13-23)39-33-32(42)35(45)40-36(46)41(33)2)24-14-16-27(17-15-24)31(26-10-6-7-11-26)34(44)38-29(21-43)25-8-4-3-5-9-25/h3-5,8-9,12-19,22,26,29,31,43H,6-7,10-11,20-21H2,1-2H3,(H,38,44)(H,40,45,46). The summed E-state index contributed by atoms with van der Waals surface area (Å²) in [6, 6.07) is 22.6. The highest BCUT2D eigenvalue weighted by molar-refractivity contribution is 5.84. The summed E-state index contributed by atoms with van der Waals surface area (Å²) in [5, 5.41) is 13.2. The molecule has 0 radical (unpaired) electrons. The zero-order valence-electron chi connectivity index (χ0n) is 25.9. The lowest BCUT2D eigenvalue weighted by Crippen LogP contribution is -2.37. The molecule has 3 aromatic carbocycles. The van der Waals surface area contributed by atoms with Gasteiger partial charge < -0.3 is 15.0 Å². The molecule has 5 aromatic rings. The molecule has 10 heteroatoms. The van der Waals surface area contributed by atoms with E-state index in [1.54, 1.807) is 19.2 Å². The third kappa shape index (κ3) is 6.17. The Morgan fingerprint density at radius 3 is 2.28 bits per heavy atom. The summed E-state index contributed by atoms with van der Waals surface area (Å²) in [6.07, 6.45) is 4.39. The zero-order chi connectivity index (χ0) is 32.4. The smallest absolute Gasteiger partial charge is 0.329 e. The van der Waals surface area contributed by atoms with E-state index < -0.39 is 17.3 Å². The highest BCUT2D eigenvalue weighted by Gasteiger charge is 2.33. The second-order valence-corrected chi connectivity index (χ2v) is 12.2. The van der Waals surface area contributed by atoms with Gasteiger partial charge in [-0.1, -0.05) is 79.6 Å². The number of halogens is 1. The van der Waals surface area contributed by atoms with Crippen molar-refractivity contribution in [3.8, 4) is 0 Å². The summed E-state index contributed by atoms with van der Waals surface area (Å²) in [5.74, 6) is -0.0707. The van der Waals surface area contributed by atoms with Crippen molar-refractivity contribution in [2.75, 3.05) is 6.61 Å². The molecule has 1 aliphatic rings. The Morgan fingerprint density at radius 1 is 0.978 bits per heavy atom. The van der Waals surface area contributed by atoms with Gasteiger partial charge in [0.15, 0.2) is 11.2 Å². The number of carbonyl (C=O) groups is 1. The van der Waals surface area contributed by atoms with Gasteiger partial charge in [-0.2, -0.15) is 0 Å². The van der Waals surface area contributed by atoms with Crippen molar-refractivity contribution in [3.05, 3.63) is 134 Å². The van der Waals surface area contributed by atoms with E-state index in [1.165, 1.54) is 16.7 Å². The van der Waals surface area contributed by atoms with E-state index >= 15 is 0 Å². The predicted molar refractivity (Wildman–Crippen MR) is 174 cm³/mol. The number of nitrogens with one attached hydrogen (secondary N) is 2. The van der Waals surface area contributed by atoms with Crippen molar-refractivity contribution in [1.82, 2.24) is 24.4 Å². The number of aromatic nitrogens is 4. The van der Waals surface area contributed by atoms with Crippen LogP contribution in [0.15, 0.2) is 88.5 Å². The van der Waals surface area contributed by atoms with Gasteiger partial charge in [0.2, 0.25) is 5.91 Å². The van der Waals surface area contributed by atoms with Crippen molar-refractivity contribution in [2.24, 2.45) is 13.0 Å². The summed E-state index contributed by atoms with van der Waals surface area (Å²) in [7, 11) is 1.56. The maximum Gasteiger partial charge on any atom is 0.329 e. The van der Waals surface area contributed by atoms with Gasteiger partial charge in [0.05, 0.1) is 24.6 Å². The van der Waals surface area contributed by atoms with Gasteiger partial charge in [-0.15, -0.1) is 0 Å². The number of fused-ring (bicyclic) bond motifs is 1. The normalized spacial score (nSPS) is 15.6. The molecular weight excluding hydrogens is 585 g/mol. The number of amides is 1. The number of imidazole rings is 1. The lowest BCUT2D eigenvalue weighted by molar-refractivity contribution is -0.124. The summed E-state index contributed by atoms with van der Waals surface area (Å²) < 4.78 is 16.8. The number of nitrogens with zero attached hydrogens (tertiary/aromatic N) is 3. The first kappa shape index (κ1) is 31.2. The van der Waals surface area contributed by atoms with Crippen LogP contribution in [0, 0.1) is 11.7 Å². The minimum Gasteiger partial charge on any atom is -0.394 e. The molecule has 3 N–H and O–H groups in total. The van der Waals surface area contributed by atoms with Crippen LogP contribution >= 0.6 is 0 Å². The van der Waals surface area contributed by atoms with E-state index in [-0.39, 0.29) is 47.4 Å². The van der Waals surface area contributed by atoms with Crippen molar-refractivity contribution in [2.45, 2.75) is 57.0 Å². The summed E-state index contributed by atoms with van der Waals surface area (Å²) in [6.45, 7) is 1.76. The van der Waals surface area contributed by atoms with E-state index in [1.807, 2.05) is 66.1 Å². The third-order valence-electron chi connectivity index (χ3n) is 9.32. The van der Waals surface area contributed by atoms with Crippen LogP contribution in [0.2, 0.25) is 0 Å². The van der Waals surface area contributed by atoms with Crippen molar-refractivity contribution >= 4 is 17.1 Å². The number of H-pyrrole nitrogens is 1. The fourth-order valence-electron chi connectivity index (χ4n) is 6.81. The number of benzene rings is 3. The van der Waals surface area contributed by atoms with Crippen molar-refractivity contribution in [3.63, 3.8) is 0 Å². The number of rotatable bonds is 10. The average Bonchev–Trinajstić information content (AvgIpc) is 3.73. The first-order valence-electron chi connectivity index (χ1n) is 15.8. The van der Waals surface area contributed by atoms with Gasteiger partial charge in [0, 0.05) is 13.5 Å². The predicted octanol–water partition coefficient (Wildman–Crippen LogP) is 4.89. The van der Waals surface area contributed by atoms with E-state index in [4.69, 9.17) is 4.98 Å². The molecule has 238 valence electrons. The molecule has 1 saturated carbocycles. The van der Waals surface area contributed by atoms with E-state index in [9.17, 15) is 23.9 Å². The van der Waals surface area contributed by atoms with Gasteiger partial charge in [-0.3, -0.25) is 19.1 Å². The first-order chi connectivity index (χ1) is 22.2. The third-order valence-corrected chi connectivity index (χ3v) is 9.32. The monoisotopic (exact) mass is 623 g/mol. The quantitative estimate of drug-likeness (QED) is 0.205. The van der Waals surface area contributed by atoms with Crippen molar-refractivity contribution in [1.29, 1.82) is 0 Å². The Labute approximate surface area is 265 Å². The molecule has 0 saturated heterocycles. The second kappa shape index (κ2) is 13.3. The molecule has 3 atom stereocenters. The number of carbonyl (C=O) groups excluding carboxylic acids is 1. The van der Waals surface area contributed by atoms with E-state index in [0.29, 0.717) is 12.2 Å². The van der Waals surface area contributed by atoms with Crippen LogP contribution in [0.3, 0.4) is 0 Å². The number of hydrogen-bond acceptors (Lipinski definition) is 5. The van der Waals surface area contributed by atoms with Crippen LogP contribution in [0.5, 0.6) is 0 Å². The molecule has 3 unspecified atom stereocenters. The summed E-state index contributed by atoms with van der Waals surface area (Å²) >= 11 is 0. The largest absolute Gasteiger partial charge is 0.394 e. The van der Waals surface area contributed by atoms with Gasteiger partial charge in [0.1, 0.15) is 11.6 Å². The Morgan fingerprint density at radius 2 is 1.63 bits per heavy atom. The van der Waals surface area contributed by atoms with Crippen LogP contribution in [-0.2, 0) is 18.3 Å². The maximum atomic E-state index is 13.8. The highest BCUT2D eigenvalue weighted by Crippen LogP contribution is 2.38. The molecule has 1 amide bonds. The molecule has 1 aliphatic carbocycles. The first-order valence-corrected chi connectivity index (χ1v) is 15.8. The average molecular weight is 624 g/mol. The van der Waals surface area contributed by atoms with Crippen LogP contribution in [0.1, 0.15) is 78.7 Å². The van der Waals surface area contributed by atoms with Crippen molar-refractivity contribution < 1.29 is 14.3 Å². The summed E-state index contributed by atoms with van der Waals surface area (Å²) in [5.41, 5.74) is 2.90. The van der Waals surface area contributed by atoms with Gasteiger partial charge in [0.25, 0.3) is 5.56 Å². The topological polar surface area (TPSA) is 122 Å². The Bertz CT molecular complexity index is 1940. The summed E-state index contributed by atoms with van der Waals surface area (Å²) in [4.78, 5) is 46.5.